The Labute approximate surface area is 109 Å². The van der Waals surface area contributed by atoms with Crippen molar-refractivity contribution >= 4 is 32.5 Å². The van der Waals surface area contributed by atoms with Crippen molar-refractivity contribution in [2.45, 2.75) is 11.8 Å². The summed E-state index contributed by atoms with van der Waals surface area (Å²) < 4.78 is 36.4. The first kappa shape index (κ1) is 13.3. The monoisotopic (exact) mass is 281 g/mol. The smallest absolute Gasteiger partial charge is 0.308 e. The highest BCUT2D eigenvalue weighted by molar-refractivity contribution is 7.85. The van der Waals surface area contributed by atoms with Gasteiger partial charge in [-0.3, -0.25) is 9.35 Å². The van der Waals surface area contributed by atoms with Crippen LogP contribution in [0.15, 0.2) is 35.2 Å². The van der Waals surface area contributed by atoms with E-state index in [-0.39, 0.29) is 10.6 Å². The Hall–Kier alpha value is -2.12. The average molecular weight is 281 g/mol. The van der Waals surface area contributed by atoms with E-state index in [4.69, 9.17) is 15.0 Å². The van der Waals surface area contributed by atoms with Crippen molar-refractivity contribution in [1.29, 1.82) is 0 Å². The quantitative estimate of drug-likeness (QED) is 0.375. The van der Waals surface area contributed by atoms with Crippen molar-refractivity contribution in [2.75, 3.05) is 5.73 Å². The third-order valence-electron chi connectivity index (χ3n) is 2.50. The van der Waals surface area contributed by atoms with Crippen LogP contribution >= 0.6 is 0 Å². The number of ether oxygens (including phenoxy) is 1. The van der Waals surface area contributed by atoms with Gasteiger partial charge in [-0.05, 0) is 17.5 Å². The van der Waals surface area contributed by atoms with E-state index >= 15 is 0 Å². The lowest BCUT2D eigenvalue weighted by atomic mass is 10.1. The standard InChI is InChI=1S/C12H11NO5S/c1-7(14)18-11-6-9(19(15,16)17)5-8-3-2-4-10(13)12(8)11/h2-6H,13H2,1H3,(H,15,16,17). The Morgan fingerprint density at radius 3 is 2.58 bits per heavy atom. The van der Waals surface area contributed by atoms with E-state index in [0.717, 1.165) is 6.07 Å². The number of rotatable bonds is 2. The van der Waals surface area contributed by atoms with Crippen LogP contribution in [-0.4, -0.2) is 18.9 Å². The summed E-state index contributed by atoms with van der Waals surface area (Å²) in [6.07, 6.45) is 0. The maximum atomic E-state index is 11.2. The highest BCUT2D eigenvalue weighted by Crippen LogP contribution is 2.33. The van der Waals surface area contributed by atoms with Crippen LogP contribution in [0.3, 0.4) is 0 Å². The van der Waals surface area contributed by atoms with E-state index in [9.17, 15) is 13.2 Å². The molecule has 0 unspecified atom stereocenters. The van der Waals surface area contributed by atoms with Crippen LogP contribution in [0.4, 0.5) is 5.69 Å². The lowest BCUT2D eigenvalue weighted by Gasteiger charge is -2.10. The second kappa shape index (κ2) is 4.52. The minimum Gasteiger partial charge on any atom is -0.426 e. The molecule has 100 valence electrons. The van der Waals surface area contributed by atoms with Crippen molar-refractivity contribution in [3.63, 3.8) is 0 Å². The van der Waals surface area contributed by atoms with Gasteiger partial charge in [-0.15, -0.1) is 0 Å². The molecular weight excluding hydrogens is 270 g/mol. The Morgan fingerprint density at radius 1 is 1.32 bits per heavy atom. The van der Waals surface area contributed by atoms with E-state index < -0.39 is 16.1 Å². The number of hydrogen-bond acceptors (Lipinski definition) is 5. The topological polar surface area (TPSA) is 107 Å². The molecule has 19 heavy (non-hydrogen) atoms. The fourth-order valence-electron chi connectivity index (χ4n) is 1.77. The van der Waals surface area contributed by atoms with E-state index in [0.29, 0.717) is 16.5 Å². The largest absolute Gasteiger partial charge is 0.426 e. The maximum absolute atomic E-state index is 11.2. The molecule has 0 aliphatic carbocycles. The van der Waals surface area contributed by atoms with Crippen molar-refractivity contribution in [3.05, 3.63) is 30.3 Å². The van der Waals surface area contributed by atoms with Gasteiger partial charge in [0.25, 0.3) is 10.1 Å². The van der Waals surface area contributed by atoms with Crippen molar-refractivity contribution < 1.29 is 22.5 Å². The van der Waals surface area contributed by atoms with Gasteiger partial charge in [-0.2, -0.15) is 8.42 Å². The second-order valence-electron chi connectivity index (χ2n) is 3.94. The summed E-state index contributed by atoms with van der Waals surface area (Å²) in [4.78, 5) is 10.7. The zero-order valence-corrected chi connectivity index (χ0v) is 10.8. The molecule has 0 aliphatic rings. The van der Waals surface area contributed by atoms with Gasteiger partial charge in [0, 0.05) is 24.1 Å². The lowest BCUT2D eigenvalue weighted by molar-refractivity contribution is -0.131. The highest BCUT2D eigenvalue weighted by Gasteiger charge is 2.16. The van der Waals surface area contributed by atoms with Crippen LogP contribution in [0.2, 0.25) is 0 Å². The Kier molecular flexibility index (Phi) is 3.17. The molecule has 0 atom stereocenters. The third kappa shape index (κ3) is 2.67. The van der Waals surface area contributed by atoms with Gasteiger partial charge in [0.15, 0.2) is 0 Å². The fourth-order valence-corrected chi connectivity index (χ4v) is 2.31. The van der Waals surface area contributed by atoms with Crippen LogP contribution < -0.4 is 10.5 Å². The number of nitrogens with two attached hydrogens (primary N) is 1. The van der Waals surface area contributed by atoms with Crippen molar-refractivity contribution in [3.8, 4) is 5.75 Å². The number of carbonyl (C=O) groups is 1. The number of anilines is 1. The molecule has 7 heteroatoms. The van der Waals surface area contributed by atoms with Gasteiger partial charge in [0.1, 0.15) is 5.75 Å². The van der Waals surface area contributed by atoms with Gasteiger partial charge in [-0.25, -0.2) is 0 Å². The van der Waals surface area contributed by atoms with E-state index in [1.807, 2.05) is 0 Å². The molecule has 0 saturated carbocycles. The number of esters is 1. The summed E-state index contributed by atoms with van der Waals surface area (Å²) >= 11 is 0. The molecule has 0 aromatic heterocycles. The lowest BCUT2D eigenvalue weighted by Crippen LogP contribution is -2.05. The minimum atomic E-state index is -4.40. The molecule has 0 radical (unpaired) electrons. The summed E-state index contributed by atoms with van der Waals surface area (Å²) in [5.74, 6) is -0.618. The van der Waals surface area contributed by atoms with Gasteiger partial charge in [-0.1, -0.05) is 12.1 Å². The van der Waals surface area contributed by atoms with Crippen molar-refractivity contribution in [2.24, 2.45) is 0 Å². The minimum absolute atomic E-state index is 0.00396. The van der Waals surface area contributed by atoms with Gasteiger partial charge in [0.2, 0.25) is 0 Å². The predicted molar refractivity (Wildman–Crippen MR) is 69.5 cm³/mol. The molecular formula is C12H11NO5S. The molecule has 0 bridgehead atoms. The van der Waals surface area contributed by atoms with Crippen LogP contribution in [0.1, 0.15) is 6.92 Å². The Morgan fingerprint density at radius 2 is 2.00 bits per heavy atom. The number of hydrogen-bond donors (Lipinski definition) is 2. The molecule has 2 aromatic carbocycles. The zero-order valence-electron chi connectivity index (χ0n) is 9.95. The number of carbonyl (C=O) groups excluding carboxylic acids is 1. The molecule has 0 heterocycles. The SMILES string of the molecule is CC(=O)Oc1cc(S(=O)(=O)O)cc2cccc(N)c12. The van der Waals surface area contributed by atoms with Crippen LogP contribution in [0.25, 0.3) is 10.8 Å². The molecule has 0 aliphatic heterocycles. The molecule has 0 amide bonds. The average Bonchev–Trinajstić information content (AvgIpc) is 2.26. The summed E-state index contributed by atoms with van der Waals surface area (Å²) in [6.45, 7) is 1.19. The Balaban J connectivity index is 2.84. The molecule has 0 fully saturated rings. The maximum Gasteiger partial charge on any atom is 0.308 e. The number of benzene rings is 2. The van der Waals surface area contributed by atoms with E-state index in [1.54, 1.807) is 18.2 Å². The van der Waals surface area contributed by atoms with E-state index in [2.05, 4.69) is 0 Å². The summed E-state index contributed by atoms with van der Waals surface area (Å²) in [6, 6.07) is 7.16. The molecule has 2 aromatic rings. The van der Waals surface area contributed by atoms with Crippen LogP contribution in [0, 0.1) is 0 Å². The first-order chi connectivity index (χ1) is 8.79. The number of nitrogen functional groups attached to an aromatic ring is 1. The third-order valence-corrected chi connectivity index (χ3v) is 3.33. The van der Waals surface area contributed by atoms with Crippen LogP contribution in [-0.2, 0) is 14.9 Å². The van der Waals surface area contributed by atoms with Gasteiger partial charge >= 0.3 is 5.97 Å². The molecule has 0 spiro atoms. The molecule has 6 nitrogen and oxygen atoms in total. The van der Waals surface area contributed by atoms with Gasteiger partial charge in [0.05, 0.1) is 4.90 Å². The normalized spacial score (nSPS) is 11.5. The zero-order chi connectivity index (χ0) is 14.2. The molecule has 3 N–H and O–H groups in total. The highest BCUT2D eigenvalue weighted by atomic mass is 32.2. The first-order valence-corrected chi connectivity index (χ1v) is 6.71. The predicted octanol–water partition coefficient (Wildman–Crippen LogP) is 1.59. The van der Waals surface area contributed by atoms with Gasteiger partial charge < -0.3 is 10.5 Å². The summed E-state index contributed by atoms with van der Waals surface area (Å²) in [7, 11) is -4.40. The number of fused-ring (bicyclic) bond motifs is 1. The molecule has 0 saturated heterocycles. The first-order valence-electron chi connectivity index (χ1n) is 5.27. The van der Waals surface area contributed by atoms with Crippen LogP contribution in [0.5, 0.6) is 5.75 Å². The second-order valence-corrected chi connectivity index (χ2v) is 5.36. The summed E-state index contributed by atoms with van der Waals surface area (Å²) in [5, 5.41) is 0.872. The summed E-state index contributed by atoms with van der Waals surface area (Å²) in [5.41, 5.74) is 6.13. The molecule has 2 rings (SSSR count). The van der Waals surface area contributed by atoms with E-state index in [1.165, 1.54) is 13.0 Å². The fraction of sp³-hybridized carbons (Fsp3) is 0.0833. The van der Waals surface area contributed by atoms with Crippen molar-refractivity contribution in [1.82, 2.24) is 0 Å². The Bertz CT molecular complexity index is 767.